The normalized spacial score (nSPS) is 18.4. The van der Waals surface area contributed by atoms with Gasteiger partial charge in [-0.25, -0.2) is 0 Å². The van der Waals surface area contributed by atoms with Gasteiger partial charge in [0.1, 0.15) is 0 Å². The van der Waals surface area contributed by atoms with E-state index < -0.39 is 0 Å². The van der Waals surface area contributed by atoms with Gasteiger partial charge in [-0.05, 0) is 11.6 Å². The summed E-state index contributed by atoms with van der Waals surface area (Å²) in [7, 11) is 1.64. The number of aromatic amines is 1. The van der Waals surface area contributed by atoms with Crippen molar-refractivity contribution >= 4 is 5.91 Å². The minimum atomic E-state index is -0.0659. The van der Waals surface area contributed by atoms with E-state index in [0.29, 0.717) is 31.9 Å². The van der Waals surface area contributed by atoms with Gasteiger partial charge in [-0.15, -0.1) is 0 Å². The van der Waals surface area contributed by atoms with Crippen LogP contribution in [0.3, 0.4) is 0 Å². The van der Waals surface area contributed by atoms with E-state index in [0.717, 1.165) is 11.1 Å². The highest BCUT2D eigenvalue weighted by Gasteiger charge is 2.26. The number of nitrogens with one attached hydrogen (secondary N) is 1. The molecule has 1 aromatic heterocycles. The van der Waals surface area contributed by atoms with E-state index in [1.54, 1.807) is 19.5 Å². The fourth-order valence-electron chi connectivity index (χ4n) is 2.68. The second kappa shape index (κ2) is 6.72. The number of hydrogen-bond donors (Lipinski definition) is 1. The Morgan fingerprint density at radius 2 is 2.36 bits per heavy atom. The van der Waals surface area contributed by atoms with Crippen molar-refractivity contribution in [1.29, 1.82) is 0 Å². The lowest BCUT2D eigenvalue weighted by Gasteiger charge is -2.33. The molecule has 1 N–H and O–H groups in total. The zero-order valence-corrected chi connectivity index (χ0v) is 12.5. The number of methoxy groups -OCH3 is 1. The molecule has 1 atom stereocenters. The molecule has 6 nitrogen and oxygen atoms in total. The number of morpholine rings is 1. The second-order valence-electron chi connectivity index (χ2n) is 5.23. The van der Waals surface area contributed by atoms with E-state index in [4.69, 9.17) is 9.47 Å². The fraction of sp³-hybridized carbons (Fsp3) is 0.375. The van der Waals surface area contributed by atoms with Crippen molar-refractivity contribution in [2.45, 2.75) is 6.10 Å². The smallest absolute Gasteiger partial charge is 0.254 e. The van der Waals surface area contributed by atoms with Gasteiger partial charge >= 0.3 is 0 Å². The Balaban J connectivity index is 1.83. The quantitative estimate of drug-likeness (QED) is 0.930. The van der Waals surface area contributed by atoms with Crippen LogP contribution in [0.2, 0.25) is 0 Å². The van der Waals surface area contributed by atoms with Crippen molar-refractivity contribution in [2.24, 2.45) is 0 Å². The molecular weight excluding hydrogens is 282 g/mol. The molecule has 1 amide bonds. The highest BCUT2D eigenvalue weighted by molar-refractivity contribution is 6.00. The molecule has 22 heavy (non-hydrogen) atoms. The molecule has 2 heterocycles. The topological polar surface area (TPSA) is 67.5 Å². The third-order valence-electron chi connectivity index (χ3n) is 3.75. The Kier molecular flexibility index (Phi) is 4.50. The number of carbonyl (C=O) groups excluding carboxylic acids is 1. The van der Waals surface area contributed by atoms with Crippen molar-refractivity contribution in [3.63, 3.8) is 0 Å². The first-order valence-corrected chi connectivity index (χ1v) is 7.27. The average molecular weight is 301 g/mol. The lowest BCUT2D eigenvalue weighted by Crippen LogP contribution is -2.47. The minimum Gasteiger partial charge on any atom is -0.382 e. The first-order chi connectivity index (χ1) is 10.8. The summed E-state index contributed by atoms with van der Waals surface area (Å²) in [6, 6.07) is 7.59. The molecule has 1 saturated heterocycles. The molecule has 0 bridgehead atoms. The average Bonchev–Trinajstić information content (AvgIpc) is 3.09. The Bertz CT molecular complexity index is 625. The molecule has 0 saturated carbocycles. The molecule has 6 heteroatoms. The molecule has 3 rings (SSSR count). The van der Waals surface area contributed by atoms with Gasteiger partial charge in [-0.3, -0.25) is 9.89 Å². The molecule has 116 valence electrons. The summed E-state index contributed by atoms with van der Waals surface area (Å²) in [6.45, 7) is 2.17. The molecule has 2 aromatic rings. The van der Waals surface area contributed by atoms with Crippen molar-refractivity contribution in [3.05, 3.63) is 42.2 Å². The lowest BCUT2D eigenvalue weighted by atomic mass is 10.0. The second-order valence-corrected chi connectivity index (χ2v) is 5.23. The number of hydrogen-bond acceptors (Lipinski definition) is 4. The maximum absolute atomic E-state index is 12.9. The number of aromatic nitrogens is 2. The minimum absolute atomic E-state index is 0.0150. The molecule has 0 spiro atoms. The SMILES string of the molecule is COCC1CN(C(=O)c2ccccc2-c2cn[nH]c2)CCO1. The molecule has 1 aliphatic heterocycles. The van der Waals surface area contributed by atoms with Crippen molar-refractivity contribution < 1.29 is 14.3 Å². The number of carbonyl (C=O) groups is 1. The molecule has 0 radical (unpaired) electrons. The van der Waals surface area contributed by atoms with Gasteiger partial charge in [0, 0.05) is 37.5 Å². The van der Waals surface area contributed by atoms with Crippen LogP contribution in [-0.2, 0) is 9.47 Å². The maximum Gasteiger partial charge on any atom is 0.254 e. The van der Waals surface area contributed by atoms with E-state index in [1.807, 2.05) is 29.2 Å². The standard InChI is InChI=1S/C16H19N3O3/c1-21-11-13-10-19(6-7-22-13)16(20)15-5-3-2-4-14(15)12-8-17-18-9-12/h2-5,8-9,13H,6-7,10-11H2,1H3,(H,17,18). The Hall–Kier alpha value is -2.18. The third kappa shape index (κ3) is 3.03. The van der Waals surface area contributed by atoms with Gasteiger partial charge in [-0.2, -0.15) is 5.10 Å². The van der Waals surface area contributed by atoms with E-state index >= 15 is 0 Å². The number of amides is 1. The zero-order valence-electron chi connectivity index (χ0n) is 12.5. The summed E-state index contributed by atoms with van der Waals surface area (Å²) in [6.07, 6.45) is 3.45. The molecule has 1 fully saturated rings. The summed E-state index contributed by atoms with van der Waals surface area (Å²) in [5.41, 5.74) is 2.48. The summed E-state index contributed by atoms with van der Waals surface area (Å²) < 4.78 is 10.7. The van der Waals surface area contributed by atoms with E-state index in [1.165, 1.54) is 0 Å². The monoisotopic (exact) mass is 301 g/mol. The third-order valence-corrected chi connectivity index (χ3v) is 3.75. The fourth-order valence-corrected chi connectivity index (χ4v) is 2.68. The summed E-state index contributed by atoms with van der Waals surface area (Å²) in [4.78, 5) is 14.7. The summed E-state index contributed by atoms with van der Waals surface area (Å²) in [5, 5.41) is 6.75. The first-order valence-electron chi connectivity index (χ1n) is 7.27. The highest BCUT2D eigenvalue weighted by atomic mass is 16.5. The molecule has 0 aliphatic carbocycles. The van der Waals surface area contributed by atoms with Crippen LogP contribution in [0.5, 0.6) is 0 Å². The Labute approximate surface area is 129 Å². The molecular formula is C16H19N3O3. The largest absolute Gasteiger partial charge is 0.382 e. The zero-order chi connectivity index (χ0) is 15.4. The van der Waals surface area contributed by atoms with Gasteiger partial charge in [0.2, 0.25) is 0 Å². The van der Waals surface area contributed by atoms with Gasteiger partial charge in [0.25, 0.3) is 5.91 Å². The van der Waals surface area contributed by atoms with E-state index in [2.05, 4.69) is 10.2 Å². The highest BCUT2D eigenvalue weighted by Crippen LogP contribution is 2.24. The summed E-state index contributed by atoms with van der Waals surface area (Å²) >= 11 is 0. The number of H-pyrrole nitrogens is 1. The van der Waals surface area contributed by atoms with Crippen LogP contribution in [0.25, 0.3) is 11.1 Å². The van der Waals surface area contributed by atoms with Crippen LogP contribution in [0.15, 0.2) is 36.7 Å². The molecule has 1 aliphatic rings. The Morgan fingerprint density at radius 1 is 1.50 bits per heavy atom. The van der Waals surface area contributed by atoms with Gasteiger partial charge in [0.15, 0.2) is 0 Å². The van der Waals surface area contributed by atoms with Crippen LogP contribution < -0.4 is 0 Å². The lowest BCUT2D eigenvalue weighted by molar-refractivity contribution is -0.0530. The predicted octanol–water partition coefficient (Wildman–Crippen LogP) is 1.56. The molecule has 1 aromatic carbocycles. The van der Waals surface area contributed by atoms with Crippen molar-refractivity contribution in [2.75, 3.05) is 33.4 Å². The van der Waals surface area contributed by atoms with Crippen molar-refractivity contribution in [3.8, 4) is 11.1 Å². The van der Waals surface area contributed by atoms with Crippen LogP contribution in [0.4, 0.5) is 0 Å². The van der Waals surface area contributed by atoms with E-state index in [9.17, 15) is 4.79 Å². The Morgan fingerprint density at radius 3 is 3.14 bits per heavy atom. The summed E-state index contributed by atoms with van der Waals surface area (Å²) in [5.74, 6) is 0.0150. The van der Waals surface area contributed by atoms with Gasteiger partial charge in [-0.1, -0.05) is 18.2 Å². The number of benzene rings is 1. The molecule has 1 unspecified atom stereocenters. The van der Waals surface area contributed by atoms with Crippen molar-refractivity contribution in [1.82, 2.24) is 15.1 Å². The predicted molar refractivity (Wildman–Crippen MR) is 81.5 cm³/mol. The number of nitrogens with zero attached hydrogens (tertiary/aromatic N) is 2. The van der Waals surface area contributed by atoms with Crippen LogP contribution in [0, 0.1) is 0 Å². The van der Waals surface area contributed by atoms with Crippen LogP contribution in [0.1, 0.15) is 10.4 Å². The van der Waals surface area contributed by atoms with E-state index in [-0.39, 0.29) is 12.0 Å². The first kappa shape index (κ1) is 14.7. The number of ether oxygens (including phenoxy) is 2. The van der Waals surface area contributed by atoms with Crippen LogP contribution in [-0.4, -0.2) is 60.5 Å². The van der Waals surface area contributed by atoms with Gasteiger partial charge in [0.05, 0.1) is 25.5 Å². The number of rotatable bonds is 4. The van der Waals surface area contributed by atoms with Gasteiger partial charge < -0.3 is 14.4 Å². The van der Waals surface area contributed by atoms with Crippen LogP contribution >= 0.6 is 0 Å². The maximum atomic E-state index is 12.9.